The zero-order chi connectivity index (χ0) is 24.6. The summed E-state index contributed by atoms with van der Waals surface area (Å²) < 4.78 is 5.47. The number of anilines is 2. The van der Waals surface area contributed by atoms with Crippen molar-refractivity contribution >= 4 is 40.1 Å². The highest BCUT2D eigenvalue weighted by atomic mass is 16.6. The molecule has 1 saturated carbocycles. The summed E-state index contributed by atoms with van der Waals surface area (Å²) in [4.78, 5) is 46.5. The van der Waals surface area contributed by atoms with E-state index < -0.39 is 17.5 Å². The minimum Gasteiger partial charge on any atom is -0.444 e. The van der Waals surface area contributed by atoms with E-state index in [1.165, 1.54) is 30.4 Å². The summed E-state index contributed by atoms with van der Waals surface area (Å²) in [6.45, 7) is 1.48. The number of aromatic amines is 1. The standard InChI is InChI=1S/C25H22N6O4/c1-15(32)31(21-8-4-6-16-5-2-3-7-18(16)21)22-11-19(29-30-22)17-12-25(13-17,24(26)34)35-23(33)20-14-27-9-10-28-20/h2-11,14,17H,12-13H2,1H3,(H2,26,34)(H,29,30). The van der Waals surface area contributed by atoms with E-state index in [1.54, 1.807) is 6.07 Å². The number of nitrogens with zero attached hydrogens (tertiary/aromatic N) is 4. The molecule has 2 amide bonds. The molecular formula is C25H22N6O4. The van der Waals surface area contributed by atoms with Gasteiger partial charge in [0.1, 0.15) is 0 Å². The van der Waals surface area contributed by atoms with Gasteiger partial charge in [0, 0.05) is 55.2 Å². The van der Waals surface area contributed by atoms with E-state index in [0.717, 1.165) is 10.8 Å². The molecule has 10 nitrogen and oxygen atoms in total. The lowest BCUT2D eigenvalue weighted by molar-refractivity contribution is -0.149. The minimum atomic E-state index is -1.44. The number of hydrogen-bond acceptors (Lipinski definition) is 7. The fraction of sp³-hybridized carbons (Fsp3) is 0.200. The Balaban J connectivity index is 1.38. The maximum absolute atomic E-state index is 12.6. The summed E-state index contributed by atoms with van der Waals surface area (Å²) in [7, 11) is 0. The van der Waals surface area contributed by atoms with E-state index in [1.807, 2.05) is 42.5 Å². The topological polar surface area (TPSA) is 144 Å². The maximum Gasteiger partial charge on any atom is 0.359 e. The van der Waals surface area contributed by atoms with Crippen molar-refractivity contribution in [1.29, 1.82) is 0 Å². The molecular weight excluding hydrogens is 448 g/mol. The summed E-state index contributed by atoms with van der Waals surface area (Å²) in [5.74, 6) is -1.43. The number of carbonyl (C=O) groups is 3. The SMILES string of the molecule is CC(=O)N(c1cc(C2CC(OC(=O)c3cnccn3)(C(N)=O)C2)[nH]n1)c1cccc2ccccc12. The highest BCUT2D eigenvalue weighted by Gasteiger charge is 2.54. The van der Waals surface area contributed by atoms with Gasteiger partial charge in [0.2, 0.25) is 5.91 Å². The number of aromatic nitrogens is 4. The predicted molar refractivity (Wildman–Crippen MR) is 127 cm³/mol. The highest BCUT2D eigenvalue weighted by molar-refractivity contribution is 6.07. The molecule has 0 unspecified atom stereocenters. The van der Waals surface area contributed by atoms with Gasteiger partial charge in [-0.1, -0.05) is 36.4 Å². The van der Waals surface area contributed by atoms with Gasteiger partial charge in [-0.3, -0.25) is 24.6 Å². The predicted octanol–water partition coefficient (Wildman–Crippen LogP) is 3.00. The smallest absolute Gasteiger partial charge is 0.359 e. The van der Waals surface area contributed by atoms with Gasteiger partial charge in [0.25, 0.3) is 5.91 Å². The molecule has 0 bridgehead atoms. The van der Waals surface area contributed by atoms with Gasteiger partial charge >= 0.3 is 5.97 Å². The zero-order valence-electron chi connectivity index (χ0n) is 18.8. The molecule has 1 fully saturated rings. The third kappa shape index (κ3) is 3.99. The molecule has 4 aromatic rings. The van der Waals surface area contributed by atoms with Crippen molar-refractivity contribution in [3.05, 3.63) is 78.5 Å². The summed E-state index contributed by atoms with van der Waals surface area (Å²) in [6.07, 6.45) is 4.42. The first kappa shape index (κ1) is 22.2. The molecule has 0 radical (unpaired) electrons. The number of fused-ring (bicyclic) bond motifs is 1. The number of ether oxygens (including phenoxy) is 1. The van der Waals surface area contributed by atoms with Crippen LogP contribution in [0.2, 0.25) is 0 Å². The lowest BCUT2D eigenvalue weighted by Crippen LogP contribution is -2.56. The number of primary amides is 1. The van der Waals surface area contributed by atoms with E-state index in [4.69, 9.17) is 10.5 Å². The Labute approximate surface area is 200 Å². The van der Waals surface area contributed by atoms with Crippen LogP contribution in [0.3, 0.4) is 0 Å². The molecule has 1 aliphatic rings. The Morgan fingerprint density at radius 3 is 2.60 bits per heavy atom. The molecule has 2 aromatic carbocycles. The van der Waals surface area contributed by atoms with Gasteiger partial charge in [0.15, 0.2) is 17.1 Å². The molecule has 3 N–H and O–H groups in total. The second kappa shape index (κ2) is 8.64. The Bertz CT molecular complexity index is 1420. The van der Waals surface area contributed by atoms with E-state index in [2.05, 4.69) is 20.2 Å². The van der Waals surface area contributed by atoms with E-state index >= 15 is 0 Å². The Hall–Kier alpha value is -4.60. The third-order valence-corrected chi connectivity index (χ3v) is 6.24. The number of benzene rings is 2. The van der Waals surface area contributed by atoms with Crippen molar-refractivity contribution in [2.24, 2.45) is 5.73 Å². The quantitative estimate of drug-likeness (QED) is 0.412. The van der Waals surface area contributed by atoms with Gasteiger partial charge in [-0.2, -0.15) is 5.10 Å². The summed E-state index contributed by atoms with van der Waals surface area (Å²) in [5.41, 5.74) is 5.56. The molecule has 176 valence electrons. The lowest BCUT2D eigenvalue weighted by atomic mass is 9.68. The molecule has 0 spiro atoms. The average molecular weight is 470 g/mol. The molecule has 5 rings (SSSR count). The number of esters is 1. The lowest BCUT2D eigenvalue weighted by Gasteiger charge is -2.43. The van der Waals surface area contributed by atoms with Gasteiger partial charge in [-0.05, 0) is 11.5 Å². The number of hydrogen-bond donors (Lipinski definition) is 2. The van der Waals surface area contributed by atoms with Crippen LogP contribution in [-0.2, 0) is 14.3 Å². The number of H-pyrrole nitrogens is 1. The molecule has 0 aliphatic heterocycles. The molecule has 0 atom stereocenters. The van der Waals surface area contributed by atoms with Crippen LogP contribution in [0, 0.1) is 0 Å². The second-order valence-corrected chi connectivity index (χ2v) is 8.48. The van der Waals surface area contributed by atoms with Crippen molar-refractivity contribution in [3.63, 3.8) is 0 Å². The fourth-order valence-electron chi connectivity index (χ4n) is 4.43. The molecule has 2 aromatic heterocycles. The largest absolute Gasteiger partial charge is 0.444 e. The van der Waals surface area contributed by atoms with E-state index in [-0.39, 0.29) is 30.4 Å². The van der Waals surface area contributed by atoms with Crippen molar-refractivity contribution in [2.45, 2.75) is 31.3 Å². The summed E-state index contributed by atoms with van der Waals surface area (Å²) in [5, 5.41) is 9.25. The van der Waals surface area contributed by atoms with E-state index in [0.29, 0.717) is 17.2 Å². The van der Waals surface area contributed by atoms with Crippen LogP contribution in [0.15, 0.2) is 67.1 Å². The third-order valence-electron chi connectivity index (χ3n) is 6.24. The Morgan fingerprint density at radius 1 is 1.11 bits per heavy atom. The van der Waals surface area contributed by atoms with Crippen LogP contribution < -0.4 is 10.6 Å². The summed E-state index contributed by atoms with van der Waals surface area (Å²) in [6, 6.07) is 15.3. The van der Waals surface area contributed by atoms with Crippen LogP contribution >= 0.6 is 0 Å². The van der Waals surface area contributed by atoms with E-state index in [9.17, 15) is 14.4 Å². The first-order chi connectivity index (χ1) is 16.9. The zero-order valence-corrected chi connectivity index (χ0v) is 18.8. The fourth-order valence-corrected chi connectivity index (χ4v) is 4.43. The molecule has 10 heteroatoms. The van der Waals surface area contributed by atoms with Crippen molar-refractivity contribution in [1.82, 2.24) is 20.2 Å². The van der Waals surface area contributed by atoms with Crippen molar-refractivity contribution < 1.29 is 19.1 Å². The number of nitrogens with one attached hydrogen (secondary N) is 1. The molecule has 2 heterocycles. The molecule has 1 aliphatic carbocycles. The number of rotatable bonds is 6. The summed E-state index contributed by atoms with van der Waals surface area (Å²) >= 11 is 0. The monoisotopic (exact) mass is 470 g/mol. The number of carbonyl (C=O) groups excluding carboxylic acids is 3. The number of nitrogens with two attached hydrogens (primary N) is 1. The maximum atomic E-state index is 12.6. The highest BCUT2D eigenvalue weighted by Crippen LogP contribution is 2.47. The van der Waals surface area contributed by atoms with Crippen LogP contribution in [0.5, 0.6) is 0 Å². The van der Waals surface area contributed by atoms with Crippen LogP contribution in [-0.4, -0.2) is 43.6 Å². The van der Waals surface area contributed by atoms with Gasteiger partial charge in [-0.25, -0.2) is 9.78 Å². The van der Waals surface area contributed by atoms with Gasteiger partial charge < -0.3 is 10.5 Å². The number of amides is 2. The normalized spacial score (nSPS) is 19.1. The van der Waals surface area contributed by atoms with Crippen LogP contribution in [0.25, 0.3) is 10.8 Å². The van der Waals surface area contributed by atoms with Crippen molar-refractivity contribution in [3.8, 4) is 0 Å². The second-order valence-electron chi connectivity index (χ2n) is 8.48. The van der Waals surface area contributed by atoms with Crippen molar-refractivity contribution in [2.75, 3.05) is 4.90 Å². The molecule has 35 heavy (non-hydrogen) atoms. The minimum absolute atomic E-state index is 0.00686. The Morgan fingerprint density at radius 2 is 1.89 bits per heavy atom. The average Bonchev–Trinajstić information content (AvgIpc) is 3.30. The van der Waals surface area contributed by atoms with Gasteiger partial charge in [-0.15, -0.1) is 0 Å². The molecule has 0 saturated heterocycles. The van der Waals surface area contributed by atoms with Crippen LogP contribution in [0.4, 0.5) is 11.5 Å². The first-order valence-corrected chi connectivity index (χ1v) is 11.0. The van der Waals surface area contributed by atoms with Crippen LogP contribution in [0.1, 0.15) is 41.9 Å². The van der Waals surface area contributed by atoms with Gasteiger partial charge in [0.05, 0.1) is 11.9 Å². The first-order valence-electron chi connectivity index (χ1n) is 11.0. The Kier molecular flexibility index (Phi) is 5.48.